The van der Waals surface area contributed by atoms with Crippen molar-refractivity contribution in [1.29, 1.82) is 0 Å². The Bertz CT molecular complexity index is 698. The molecule has 1 N–H and O–H groups in total. The lowest BCUT2D eigenvalue weighted by molar-refractivity contribution is 0.0949. The van der Waals surface area contributed by atoms with Crippen LogP contribution < -0.4 is 15.0 Å². The van der Waals surface area contributed by atoms with Gasteiger partial charge in [0.2, 0.25) is 0 Å². The van der Waals surface area contributed by atoms with Gasteiger partial charge >= 0.3 is 0 Å². The zero-order chi connectivity index (χ0) is 14.4. The third-order valence-corrected chi connectivity index (χ3v) is 4.99. The molecular weight excluding hydrogens is 286 g/mol. The van der Waals surface area contributed by atoms with Gasteiger partial charge in [0.15, 0.2) is 5.75 Å². The molecule has 1 unspecified atom stereocenters. The molecule has 2 aromatic heterocycles. The van der Waals surface area contributed by atoms with Gasteiger partial charge in [0, 0.05) is 25.0 Å². The summed E-state index contributed by atoms with van der Waals surface area (Å²) in [5.74, 6) is 0.841. The van der Waals surface area contributed by atoms with Gasteiger partial charge in [0.1, 0.15) is 17.2 Å². The van der Waals surface area contributed by atoms with Crippen LogP contribution in [-0.4, -0.2) is 36.6 Å². The first kappa shape index (κ1) is 12.6. The van der Waals surface area contributed by atoms with Crippen molar-refractivity contribution in [3.63, 3.8) is 0 Å². The molecule has 0 aliphatic carbocycles. The molecular formula is C15H15N3O2S. The molecule has 0 aromatic carbocycles. The molecule has 5 nitrogen and oxygen atoms in total. The van der Waals surface area contributed by atoms with Crippen molar-refractivity contribution in [2.45, 2.75) is 13.0 Å². The van der Waals surface area contributed by atoms with Crippen LogP contribution in [0, 0.1) is 0 Å². The van der Waals surface area contributed by atoms with Crippen LogP contribution >= 0.6 is 11.3 Å². The van der Waals surface area contributed by atoms with E-state index >= 15 is 0 Å². The monoisotopic (exact) mass is 301 g/mol. The number of carbonyl (C=O) groups excluding carboxylic acids is 1. The Morgan fingerprint density at radius 2 is 2.19 bits per heavy atom. The highest BCUT2D eigenvalue weighted by atomic mass is 32.1. The molecule has 0 fully saturated rings. The van der Waals surface area contributed by atoms with Crippen molar-refractivity contribution < 1.29 is 9.53 Å². The minimum Gasteiger partial charge on any atom is -0.488 e. The number of hydrogen-bond donors (Lipinski definition) is 1. The summed E-state index contributed by atoms with van der Waals surface area (Å²) in [5, 5.41) is 3.04. The van der Waals surface area contributed by atoms with Gasteiger partial charge in [-0.1, -0.05) is 0 Å². The Hall–Kier alpha value is -2.08. The van der Waals surface area contributed by atoms with Gasteiger partial charge in [-0.25, -0.2) is 0 Å². The number of ether oxygens (including phenoxy) is 1. The molecule has 108 valence electrons. The van der Waals surface area contributed by atoms with Gasteiger partial charge in [-0.05, 0) is 24.6 Å². The van der Waals surface area contributed by atoms with Gasteiger partial charge in [-0.3, -0.25) is 9.78 Å². The van der Waals surface area contributed by atoms with Gasteiger partial charge in [-0.15, -0.1) is 11.3 Å². The van der Waals surface area contributed by atoms with E-state index in [9.17, 15) is 4.79 Å². The first-order valence-corrected chi connectivity index (χ1v) is 7.81. The molecule has 0 saturated carbocycles. The highest BCUT2D eigenvalue weighted by molar-refractivity contribution is 7.18. The number of amides is 1. The van der Waals surface area contributed by atoms with E-state index in [1.165, 1.54) is 11.3 Å². The fraction of sp³-hybridized carbons (Fsp3) is 0.333. The Morgan fingerprint density at radius 3 is 3.00 bits per heavy atom. The average Bonchev–Trinajstić information content (AvgIpc) is 2.83. The highest BCUT2D eigenvalue weighted by Crippen LogP contribution is 2.50. The van der Waals surface area contributed by atoms with E-state index in [0.29, 0.717) is 6.61 Å². The number of thiophene rings is 1. The fourth-order valence-corrected chi connectivity index (χ4v) is 4.07. The second-order valence-corrected chi connectivity index (χ2v) is 6.36. The molecule has 4 rings (SSSR count). The normalized spacial score (nSPS) is 20.3. The third kappa shape index (κ3) is 1.98. The van der Waals surface area contributed by atoms with Crippen molar-refractivity contribution in [3.05, 3.63) is 29.4 Å². The largest absolute Gasteiger partial charge is 0.488 e. The Morgan fingerprint density at radius 1 is 1.38 bits per heavy atom. The standard InChI is InChI=1S/C15H15N3O2S/c1-9-8-18-6-7-20-12-11(18)14(15(19)17-9)21-13(12)10-2-4-16-5-3-10/h2-5,9H,6-8H2,1H3,(H,17,19). The van der Waals surface area contributed by atoms with Gasteiger partial charge in [-0.2, -0.15) is 0 Å². The third-order valence-electron chi connectivity index (χ3n) is 3.78. The zero-order valence-corrected chi connectivity index (χ0v) is 12.4. The number of aromatic nitrogens is 1. The van der Waals surface area contributed by atoms with E-state index in [2.05, 4.69) is 15.2 Å². The van der Waals surface area contributed by atoms with Gasteiger partial charge in [0.05, 0.1) is 11.4 Å². The number of nitrogens with one attached hydrogen (secondary N) is 1. The molecule has 1 amide bonds. The van der Waals surface area contributed by atoms with Crippen LogP contribution in [0.2, 0.25) is 0 Å². The summed E-state index contributed by atoms with van der Waals surface area (Å²) >= 11 is 1.50. The maximum atomic E-state index is 12.4. The predicted molar refractivity (Wildman–Crippen MR) is 82.2 cm³/mol. The number of anilines is 1. The molecule has 0 saturated heterocycles. The quantitative estimate of drug-likeness (QED) is 0.877. The maximum Gasteiger partial charge on any atom is 0.263 e. The number of nitrogens with zero attached hydrogens (tertiary/aromatic N) is 2. The Balaban J connectivity index is 1.91. The lowest BCUT2D eigenvalue weighted by Crippen LogP contribution is -2.41. The topological polar surface area (TPSA) is 54.5 Å². The minimum atomic E-state index is -0.00273. The van der Waals surface area contributed by atoms with Crippen LogP contribution in [0.25, 0.3) is 10.4 Å². The summed E-state index contributed by atoms with van der Waals surface area (Å²) in [7, 11) is 0. The van der Waals surface area contributed by atoms with Crippen LogP contribution in [0.4, 0.5) is 5.69 Å². The van der Waals surface area contributed by atoms with Crippen LogP contribution in [-0.2, 0) is 0 Å². The molecule has 21 heavy (non-hydrogen) atoms. The van der Waals surface area contributed by atoms with Crippen molar-refractivity contribution in [2.75, 3.05) is 24.6 Å². The second kappa shape index (κ2) is 4.73. The summed E-state index contributed by atoms with van der Waals surface area (Å²) in [6.07, 6.45) is 3.52. The SMILES string of the molecule is CC1CN2CCOc3c(-c4ccncc4)sc(c32)C(=O)N1. The van der Waals surface area contributed by atoms with Crippen molar-refractivity contribution >= 4 is 22.9 Å². The van der Waals surface area contributed by atoms with Gasteiger partial charge < -0.3 is 15.0 Å². The Kier molecular flexibility index (Phi) is 2.85. The minimum absolute atomic E-state index is 0.00273. The molecule has 4 heterocycles. The van der Waals surface area contributed by atoms with Crippen molar-refractivity contribution in [2.24, 2.45) is 0 Å². The average molecular weight is 301 g/mol. The maximum absolute atomic E-state index is 12.4. The zero-order valence-electron chi connectivity index (χ0n) is 11.6. The van der Waals surface area contributed by atoms with E-state index < -0.39 is 0 Å². The lowest BCUT2D eigenvalue weighted by atomic mass is 10.1. The lowest BCUT2D eigenvalue weighted by Gasteiger charge is -2.30. The molecule has 1 atom stereocenters. The molecule has 0 spiro atoms. The molecule has 0 bridgehead atoms. The first-order chi connectivity index (χ1) is 10.2. The number of carbonyl (C=O) groups is 1. The van der Waals surface area contributed by atoms with Crippen LogP contribution in [0.15, 0.2) is 24.5 Å². The Labute approximate surface area is 126 Å². The van der Waals surface area contributed by atoms with Crippen molar-refractivity contribution in [3.8, 4) is 16.2 Å². The molecule has 2 aliphatic heterocycles. The number of hydrogen-bond acceptors (Lipinski definition) is 5. The molecule has 6 heteroatoms. The van der Waals surface area contributed by atoms with E-state index in [1.54, 1.807) is 12.4 Å². The van der Waals surface area contributed by atoms with E-state index in [1.807, 2.05) is 19.1 Å². The van der Waals surface area contributed by atoms with E-state index in [0.717, 1.165) is 39.8 Å². The second-order valence-electron chi connectivity index (χ2n) is 5.34. The summed E-state index contributed by atoms with van der Waals surface area (Å²) in [5.41, 5.74) is 2.00. The fourth-order valence-electron chi connectivity index (χ4n) is 2.89. The van der Waals surface area contributed by atoms with Gasteiger partial charge in [0.25, 0.3) is 5.91 Å². The van der Waals surface area contributed by atoms with Crippen molar-refractivity contribution in [1.82, 2.24) is 10.3 Å². The molecule has 2 aliphatic rings. The van der Waals surface area contributed by atoms with Crippen LogP contribution in [0.1, 0.15) is 16.6 Å². The summed E-state index contributed by atoms with van der Waals surface area (Å²) in [6, 6.07) is 4.04. The highest BCUT2D eigenvalue weighted by Gasteiger charge is 2.34. The number of rotatable bonds is 1. The number of pyridine rings is 1. The van der Waals surface area contributed by atoms with Crippen LogP contribution in [0.3, 0.4) is 0 Å². The molecule has 2 aromatic rings. The van der Waals surface area contributed by atoms with Crippen LogP contribution in [0.5, 0.6) is 5.75 Å². The first-order valence-electron chi connectivity index (χ1n) is 7.00. The van der Waals surface area contributed by atoms with E-state index in [-0.39, 0.29) is 11.9 Å². The smallest absolute Gasteiger partial charge is 0.263 e. The summed E-state index contributed by atoms with van der Waals surface area (Å²) < 4.78 is 5.90. The summed E-state index contributed by atoms with van der Waals surface area (Å²) in [4.78, 5) is 20.5. The molecule has 0 radical (unpaired) electrons. The van der Waals surface area contributed by atoms with E-state index in [4.69, 9.17) is 4.74 Å². The summed E-state index contributed by atoms with van der Waals surface area (Å²) in [6.45, 7) is 4.34. The predicted octanol–water partition coefficient (Wildman–Crippen LogP) is 2.14.